The number of carbonyl (C=O) groups is 1. The fraction of sp³-hybridized carbons (Fsp3) is 0.636. The summed E-state index contributed by atoms with van der Waals surface area (Å²) in [5, 5.41) is 2.87. The predicted octanol–water partition coefficient (Wildman–Crippen LogP) is 1.06. The Bertz CT molecular complexity index is 395. The number of carbonyl (C=O) groups excluding carboxylic acids is 1. The average molecular weight is 243 g/mol. The van der Waals surface area contributed by atoms with Gasteiger partial charge >= 0.3 is 0 Å². The second kappa shape index (κ2) is 6.48. The van der Waals surface area contributed by atoms with Gasteiger partial charge in [-0.1, -0.05) is 19.3 Å². The summed E-state index contributed by atoms with van der Waals surface area (Å²) in [6, 6.07) is 0.254. The van der Waals surface area contributed by atoms with E-state index in [1.807, 2.05) is 0 Å². The van der Waals surface area contributed by atoms with Gasteiger partial charge in [-0.05, 0) is 25.8 Å². The first-order chi connectivity index (χ1) is 7.59. The number of hydrogen-bond acceptors (Lipinski definition) is 3. The largest absolute Gasteiger partial charge is 0.350 e. The van der Waals surface area contributed by atoms with Crippen LogP contribution in [0.5, 0.6) is 0 Å². The fourth-order valence-electron chi connectivity index (χ4n) is 1.74. The van der Waals surface area contributed by atoms with Gasteiger partial charge in [-0.25, -0.2) is 0 Å². The number of rotatable bonds is 3. The zero-order chi connectivity index (χ0) is 12.0. The summed E-state index contributed by atoms with van der Waals surface area (Å²) in [6.07, 6.45) is 8.20. The lowest BCUT2D eigenvalue weighted by Gasteiger charge is -2.21. The first-order valence-electron chi connectivity index (χ1n) is 5.51. The van der Waals surface area contributed by atoms with Crippen LogP contribution in [0.4, 0.5) is 0 Å². The molecule has 0 unspecified atom stereocenters. The summed E-state index contributed by atoms with van der Waals surface area (Å²) in [5.41, 5.74) is 0. The van der Waals surface area contributed by atoms with E-state index in [-0.39, 0.29) is 16.8 Å². The SMILES string of the molecule is CC(C=CC(=O)NC1CCCCC1)=S(=O)=O. The normalized spacial score (nSPS) is 17.3. The van der Waals surface area contributed by atoms with Crippen molar-refractivity contribution in [2.45, 2.75) is 45.1 Å². The van der Waals surface area contributed by atoms with E-state index in [1.165, 1.54) is 25.5 Å². The fourth-order valence-corrected chi connectivity index (χ4v) is 1.92. The van der Waals surface area contributed by atoms with E-state index in [9.17, 15) is 13.2 Å². The second-order valence-electron chi connectivity index (χ2n) is 4.02. The Balaban J connectivity index is 2.44. The standard InChI is InChI=1S/C11H17NO3S/c1-9(16(14)15)7-8-11(13)12-10-5-3-2-4-6-10/h7-8,10H,2-6H2,1H3,(H,12,13). The maximum atomic E-state index is 11.4. The van der Waals surface area contributed by atoms with Gasteiger partial charge < -0.3 is 5.32 Å². The molecule has 16 heavy (non-hydrogen) atoms. The van der Waals surface area contributed by atoms with Crippen LogP contribution in [-0.2, 0) is 15.1 Å². The molecule has 0 saturated heterocycles. The number of nitrogens with one attached hydrogen (secondary N) is 1. The molecule has 0 bridgehead atoms. The van der Waals surface area contributed by atoms with Crippen LogP contribution in [0, 0.1) is 0 Å². The summed E-state index contributed by atoms with van der Waals surface area (Å²) in [7, 11) is -2.23. The van der Waals surface area contributed by atoms with Gasteiger partial charge in [0.1, 0.15) is 0 Å². The van der Waals surface area contributed by atoms with Crippen molar-refractivity contribution in [3.63, 3.8) is 0 Å². The topological polar surface area (TPSA) is 63.2 Å². The highest BCUT2D eigenvalue weighted by Crippen LogP contribution is 2.17. The van der Waals surface area contributed by atoms with Gasteiger partial charge in [-0.2, -0.15) is 8.42 Å². The Morgan fingerprint density at radius 3 is 2.38 bits per heavy atom. The summed E-state index contributed by atoms with van der Waals surface area (Å²) >= 11 is 0. The quantitative estimate of drug-likeness (QED) is 0.595. The van der Waals surface area contributed by atoms with Crippen LogP contribution in [0.3, 0.4) is 0 Å². The first kappa shape index (κ1) is 13.0. The molecule has 5 heteroatoms. The molecule has 1 aliphatic carbocycles. The molecule has 0 radical (unpaired) electrons. The van der Waals surface area contributed by atoms with Crippen LogP contribution < -0.4 is 5.32 Å². The van der Waals surface area contributed by atoms with Crippen LogP contribution in [-0.4, -0.2) is 25.2 Å². The molecule has 0 spiro atoms. The van der Waals surface area contributed by atoms with Crippen molar-refractivity contribution in [3.05, 3.63) is 12.2 Å². The summed E-state index contributed by atoms with van der Waals surface area (Å²) in [5.74, 6) is -0.211. The molecule has 0 aromatic heterocycles. The Hall–Kier alpha value is -1.10. The lowest BCUT2D eigenvalue weighted by Crippen LogP contribution is -2.35. The Morgan fingerprint density at radius 2 is 1.81 bits per heavy atom. The predicted molar refractivity (Wildman–Crippen MR) is 63.8 cm³/mol. The summed E-state index contributed by atoms with van der Waals surface area (Å²) in [4.78, 5) is 11.6. The maximum absolute atomic E-state index is 11.4. The van der Waals surface area contributed by atoms with Gasteiger partial charge in [0, 0.05) is 12.1 Å². The Morgan fingerprint density at radius 1 is 1.19 bits per heavy atom. The van der Waals surface area contributed by atoms with Crippen molar-refractivity contribution in [3.8, 4) is 0 Å². The van der Waals surface area contributed by atoms with Gasteiger partial charge in [-0.3, -0.25) is 4.79 Å². The highest BCUT2D eigenvalue weighted by Gasteiger charge is 2.13. The van der Waals surface area contributed by atoms with Gasteiger partial charge in [-0.15, -0.1) is 0 Å². The molecule has 1 N–H and O–H groups in total. The molecular formula is C11H17NO3S. The summed E-state index contributed by atoms with van der Waals surface area (Å²) in [6.45, 7) is 1.45. The first-order valence-corrected chi connectivity index (χ1v) is 6.58. The van der Waals surface area contributed by atoms with E-state index >= 15 is 0 Å². The third-order valence-electron chi connectivity index (χ3n) is 2.68. The zero-order valence-electron chi connectivity index (χ0n) is 9.40. The molecule has 0 aliphatic heterocycles. The minimum Gasteiger partial charge on any atom is -0.350 e. The molecule has 90 valence electrons. The van der Waals surface area contributed by atoms with Crippen molar-refractivity contribution >= 4 is 21.1 Å². The number of allylic oxidation sites excluding steroid dienone is 1. The van der Waals surface area contributed by atoms with Gasteiger partial charge in [0.05, 0.1) is 4.86 Å². The molecule has 0 heterocycles. The van der Waals surface area contributed by atoms with Crippen LogP contribution in [0.1, 0.15) is 39.0 Å². The van der Waals surface area contributed by atoms with E-state index in [2.05, 4.69) is 5.32 Å². The van der Waals surface area contributed by atoms with E-state index in [0.29, 0.717) is 0 Å². The number of amides is 1. The average Bonchev–Trinajstić information content (AvgIpc) is 2.27. The van der Waals surface area contributed by atoms with Crippen LogP contribution >= 0.6 is 0 Å². The molecule has 1 aliphatic rings. The van der Waals surface area contributed by atoms with E-state index < -0.39 is 10.3 Å². The molecule has 1 saturated carbocycles. The monoisotopic (exact) mass is 243 g/mol. The second-order valence-corrected chi connectivity index (χ2v) is 5.14. The van der Waals surface area contributed by atoms with Gasteiger partial charge in [0.15, 0.2) is 0 Å². The molecule has 4 nitrogen and oxygen atoms in total. The van der Waals surface area contributed by atoms with Crippen LogP contribution in [0.15, 0.2) is 12.2 Å². The Kier molecular flexibility index (Phi) is 5.25. The third-order valence-corrected chi connectivity index (χ3v) is 3.35. The van der Waals surface area contributed by atoms with E-state index in [1.54, 1.807) is 0 Å². The molecule has 0 aromatic carbocycles. The molecule has 1 rings (SSSR count). The number of hydrogen-bond donors (Lipinski definition) is 1. The molecule has 0 atom stereocenters. The minimum absolute atomic E-state index is 0.166. The van der Waals surface area contributed by atoms with Crippen LogP contribution in [0.25, 0.3) is 0 Å². The maximum Gasteiger partial charge on any atom is 0.244 e. The van der Waals surface area contributed by atoms with Crippen molar-refractivity contribution in [1.82, 2.24) is 5.32 Å². The lowest BCUT2D eigenvalue weighted by atomic mass is 9.95. The molecule has 1 amide bonds. The van der Waals surface area contributed by atoms with Gasteiger partial charge in [0.2, 0.25) is 16.2 Å². The zero-order valence-corrected chi connectivity index (χ0v) is 10.2. The van der Waals surface area contributed by atoms with Gasteiger partial charge in [0.25, 0.3) is 0 Å². The van der Waals surface area contributed by atoms with E-state index in [0.717, 1.165) is 25.7 Å². The van der Waals surface area contributed by atoms with Crippen LogP contribution in [0.2, 0.25) is 0 Å². The van der Waals surface area contributed by atoms with Crippen molar-refractivity contribution in [1.29, 1.82) is 0 Å². The molecule has 1 fully saturated rings. The van der Waals surface area contributed by atoms with Crippen molar-refractivity contribution in [2.24, 2.45) is 0 Å². The molecule has 0 aromatic rings. The summed E-state index contributed by atoms with van der Waals surface area (Å²) < 4.78 is 21.0. The van der Waals surface area contributed by atoms with Crippen molar-refractivity contribution < 1.29 is 13.2 Å². The van der Waals surface area contributed by atoms with E-state index in [4.69, 9.17) is 0 Å². The van der Waals surface area contributed by atoms with Crippen molar-refractivity contribution in [2.75, 3.05) is 0 Å². The highest BCUT2D eigenvalue weighted by molar-refractivity contribution is 7.73. The molecular weight excluding hydrogens is 226 g/mol. The third kappa shape index (κ3) is 4.61. The Labute approximate surface area is 97.3 Å². The lowest BCUT2D eigenvalue weighted by molar-refractivity contribution is -0.117. The smallest absolute Gasteiger partial charge is 0.244 e. The highest BCUT2D eigenvalue weighted by atomic mass is 32.2. The minimum atomic E-state index is -2.23.